The molecular formula is C12H16N2. The molecule has 74 valence electrons. The standard InChI is InChI=1S/C12H16N2/c1-12(2,3)11-5-4-9(7-13)10(6-11)8-14/h4-6H,7,13H2,1-3H3. The maximum absolute atomic E-state index is 8.93. The highest BCUT2D eigenvalue weighted by atomic mass is 14.5. The molecule has 0 radical (unpaired) electrons. The van der Waals surface area contributed by atoms with Crippen LogP contribution in [0.15, 0.2) is 18.2 Å². The summed E-state index contributed by atoms with van der Waals surface area (Å²) in [5.74, 6) is 0. The first kappa shape index (κ1) is 10.7. The number of nitrogens with two attached hydrogens (primary N) is 1. The van der Waals surface area contributed by atoms with E-state index in [0.717, 1.165) is 5.56 Å². The number of hydrogen-bond donors (Lipinski definition) is 1. The summed E-state index contributed by atoms with van der Waals surface area (Å²) in [4.78, 5) is 0. The molecule has 0 aliphatic carbocycles. The summed E-state index contributed by atoms with van der Waals surface area (Å²) < 4.78 is 0. The Bertz CT molecular complexity index is 367. The highest BCUT2D eigenvalue weighted by Crippen LogP contribution is 2.24. The first-order chi connectivity index (χ1) is 6.49. The van der Waals surface area contributed by atoms with Crippen molar-refractivity contribution in [1.29, 1.82) is 5.26 Å². The Morgan fingerprint density at radius 2 is 2.00 bits per heavy atom. The maximum Gasteiger partial charge on any atom is 0.0995 e. The number of nitriles is 1. The fourth-order valence-corrected chi connectivity index (χ4v) is 1.33. The molecule has 1 rings (SSSR count). The monoisotopic (exact) mass is 188 g/mol. The van der Waals surface area contributed by atoms with E-state index in [4.69, 9.17) is 11.0 Å². The first-order valence-corrected chi connectivity index (χ1v) is 4.72. The van der Waals surface area contributed by atoms with Gasteiger partial charge in [-0.1, -0.05) is 32.9 Å². The number of rotatable bonds is 1. The predicted molar refractivity (Wildman–Crippen MR) is 57.7 cm³/mol. The van der Waals surface area contributed by atoms with Crippen molar-refractivity contribution >= 4 is 0 Å². The molecule has 0 aliphatic heterocycles. The molecule has 0 heterocycles. The minimum atomic E-state index is 0.0821. The number of nitrogens with zero attached hydrogens (tertiary/aromatic N) is 1. The third-order valence-corrected chi connectivity index (χ3v) is 2.32. The first-order valence-electron chi connectivity index (χ1n) is 4.72. The van der Waals surface area contributed by atoms with Crippen molar-refractivity contribution < 1.29 is 0 Å². The zero-order chi connectivity index (χ0) is 10.8. The average molecular weight is 188 g/mol. The van der Waals surface area contributed by atoms with Gasteiger partial charge in [-0.05, 0) is 22.6 Å². The summed E-state index contributed by atoms with van der Waals surface area (Å²) in [6, 6.07) is 8.10. The number of hydrogen-bond acceptors (Lipinski definition) is 2. The molecule has 0 bridgehead atoms. The van der Waals surface area contributed by atoms with Crippen LogP contribution in [-0.4, -0.2) is 0 Å². The molecule has 0 aromatic heterocycles. The maximum atomic E-state index is 8.93. The zero-order valence-electron chi connectivity index (χ0n) is 8.96. The van der Waals surface area contributed by atoms with Crippen molar-refractivity contribution in [2.24, 2.45) is 5.73 Å². The van der Waals surface area contributed by atoms with Crippen molar-refractivity contribution in [3.8, 4) is 6.07 Å². The van der Waals surface area contributed by atoms with Crippen molar-refractivity contribution in [2.45, 2.75) is 32.7 Å². The van der Waals surface area contributed by atoms with Crippen LogP contribution in [0.1, 0.15) is 37.5 Å². The second-order valence-electron chi connectivity index (χ2n) is 4.44. The van der Waals surface area contributed by atoms with Crippen molar-refractivity contribution in [3.05, 3.63) is 34.9 Å². The summed E-state index contributed by atoms with van der Waals surface area (Å²) in [7, 11) is 0. The molecule has 0 unspecified atom stereocenters. The molecule has 0 saturated heterocycles. The van der Waals surface area contributed by atoms with Gasteiger partial charge in [0.05, 0.1) is 11.6 Å². The van der Waals surface area contributed by atoms with Gasteiger partial charge in [0, 0.05) is 6.54 Å². The van der Waals surface area contributed by atoms with Gasteiger partial charge in [0.15, 0.2) is 0 Å². The van der Waals surface area contributed by atoms with E-state index >= 15 is 0 Å². The van der Waals surface area contributed by atoms with Gasteiger partial charge in [0.2, 0.25) is 0 Å². The van der Waals surface area contributed by atoms with E-state index < -0.39 is 0 Å². The van der Waals surface area contributed by atoms with Crippen LogP contribution in [0.25, 0.3) is 0 Å². The molecule has 0 fully saturated rings. The Labute approximate surface area is 85.4 Å². The molecule has 0 spiro atoms. The largest absolute Gasteiger partial charge is 0.326 e. The normalized spacial score (nSPS) is 11.1. The number of benzene rings is 1. The Morgan fingerprint density at radius 3 is 2.43 bits per heavy atom. The fraction of sp³-hybridized carbons (Fsp3) is 0.417. The minimum Gasteiger partial charge on any atom is -0.326 e. The van der Waals surface area contributed by atoms with Crippen LogP contribution in [0.3, 0.4) is 0 Å². The van der Waals surface area contributed by atoms with Crippen LogP contribution in [0, 0.1) is 11.3 Å². The third-order valence-electron chi connectivity index (χ3n) is 2.32. The van der Waals surface area contributed by atoms with Crippen molar-refractivity contribution in [1.82, 2.24) is 0 Å². The lowest BCUT2D eigenvalue weighted by atomic mass is 9.85. The van der Waals surface area contributed by atoms with Crippen LogP contribution < -0.4 is 5.73 Å². The molecule has 0 atom stereocenters. The molecule has 2 heteroatoms. The van der Waals surface area contributed by atoms with Gasteiger partial charge < -0.3 is 5.73 Å². The molecule has 2 nitrogen and oxygen atoms in total. The average Bonchev–Trinajstić information content (AvgIpc) is 2.15. The van der Waals surface area contributed by atoms with Gasteiger partial charge in [-0.15, -0.1) is 0 Å². The van der Waals surface area contributed by atoms with Crippen LogP contribution in [0.4, 0.5) is 0 Å². The molecule has 0 amide bonds. The van der Waals surface area contributed by atoms with Crippen LogP contribution in [-0.2, 0) is 12.0 Å². The van der Waals surface area contributed by atoms with E-state index in [2.05, 4.69) is 26.8 Å². The quantitative estimate of drug-likeness (QED) is 0.735. The van der Waals surface area contributed by atoms with E-state index in [1.54, 1.807) is 0 Å². The molecule has 0 saturated carbocycles. The SMILES string of the molecule is CC(C)(C)c1ccc(CN)c(C#N)c1. The fourth-order valence-electron chi connectivity index (χ4n) is 1.33. The van der Waals surface area contributed by atoms with E-state index in [1.807, 2.05) is 18.2 Å². The highest BCUT2D eigenvalue weighted by molar-refractivity contribution is 5.42. The van der Waals surface area contributed by atoms with Gasteiger partial charge in [0.1, 0.15) is 0 Å². The summed E-state index contributed by atoms with van der Waals surface area (Å²) in [6.07, 6.45) is 0. The molecular weight excluding hydrogens is 172 g/mol. The molecule has 14 heavy (non-hydrogen) atoms. The zero-order valence-corrected chi connectivity index (χ0v) is 8.96. The smallest absolute Gasteiger partial charge is 0.0995 e. The summed E-state index contributed by atoms with van der Waals surface area (Å²) in [6.45, 7) is 6.82. The minimum absolute atomic E-state index is 0.0821. The Balaban J connectivity index is 3.23. The lowest BCUT2D eigenvalue weighted by Gasteiger charge is -2.19. The Kier molecular flexibility index (Phi) is 2.93. The molecule has 1 aromatic carbocycles. The lowest BCUT2D eigenvalue weighted by molar-refractivity contribution is 0.589. The van der Waals surface area contributed by atoms with Crippen LogP contribution >= 0.6 is 0 Å². The topological polar surface area (TPSA) is 49.8 Å². The Hall–Kier alpha value is -1.33. The molecule has 0 aliphatic rings. The van der Waals surface area contributed by atoms with Gasteiger partial charge in [0.25, 0.3) is 0 Å². The van der Waals surface area contributed by atoms with Gasteiger partial charge in [-0.2, -0.15) is 5.26 Å². The van der Waals surface area contributed by atoms with E-state index in [-0.39, 0.29) is 5.41 Å². The lowest BCUT2D eigenvalue weighted by Crippen LogP contribution is -2.12. The van der Waals surface area contributed by atoms with Crippen molar-refractivity contribution in [2.75, 3.05) is 0 Å². The second-order valence-corrected chi connectivity index (χ2v) is 4.44. The van der Waals surface area contributed by atoms with Gasteiger partial charge >= 0.3 is 0 Å². The van der Waals surface area contributed by atoms with Gasteiger partial charge in [-0.25, -0.2) is 0 Å². The third kappa shape index (κ3) is 2.12. The molecule has 1 aromatic rings. The van der Waals surface area contributed by atoms with E-state index in [1.165, 1.54) is 5.56 Å². The summed E-state index contributed by atoms with van der Waals surface area (Å²) >= 11 is 0. The second kappa shape index (κ2) is 3.81. The van der Waals surface area contributed by atoms with E-state index in [9.17, 15) is 0 Å². The van der Waals surface area contributed by atoms with Crippen LogP contribution in [0.5, 0.6) is 0 Å². The molecule has 2 N–H and O–H groups in total. The highest BCUT2D eigenvalue weighted by Gasteiger charge is 2.14. The predicted octanol–water partition coefficient (Wildman–Crippen LogP) is 2.31. The van der Waals surface area contributed by atoms with E-state index in [0.29, 0.717) is 12.1 Å². The van der Waals surface area contributed by atoms with Crippen LogP contribution in [0.2, 0.25) is 0 Å². The van der Waals surface area contributed by atoms with Gasteiger partial charge in [-0.3, -0.25) is 0 Å². The summed E-state index contributed by atoms with van der Waals surface area (Å²) in [5, 5.41) is 8.93. The Morgan fingerprint density at radius 1 is 1.36 bits per heavy atom. The van der Waals surface area contributed by atoms with Crippen molar-refractivity contribution in [3.63, 3.8) is 0 Å². The summed E-state index contributed by atoms with van der Waals surface area (Å²) in [5.41, 5.74) is 8.40.